The number of carbonyl (C=O) groups is 2. The zero-order chi connectivity index (χ0) is 19.8. The Balaban J connectivity index is 1.45. The molecule has 0 saturated heterocycles. The molecule has 3 rings (SSSR count). The highest BCUT2D eigenvalue weighted by molar-refractivity contribution is 9.10. The van der Waals surface area contributed by atoms with Crippen LogP contribution >= 0.6 is 27.7 Å². The summed E-state index contributed by atoms with van der Waals surface area (Å²) in [5.41, 5.74) is 1.38. The van der Waals surface area contributed by atoms with Gasteiger partial charge in [-0.1, -0.05) is 46.3 Å². The molecule has 0 radical (unpaired) electrons. The van der Waals surface area contributed by atoms with Gasteiger partial charge in [0, 0.05) is 20.6 Å². The maximum Gasteiger partial charge on any atom is 0.262 e. The molecule has 142 valence electrons. The Morgan fingerprint density at radius 3 is 2.25 bits per heavy atom. The topological polar surface area (TPSA) is 55.4 Å². The van der Waals surface area contributed by atoms with Gasteiger partial charge < -0.3 is 10.1 Å². The van der Waals surface area contributed by atoms with E-state index in [2.05, 4.69) is 21.2 Å². The van der Waals surface area contributed by atoms with Crippen LogP contribution in [0.5, 0.6) is 5.75 Å². The molecule has 0 bridgehead atoms. The summed E-state index contributed by atoms with van der Waals surface area (Å²) in [6, 6.07) is 23.9. The van der Waals surface area contributed by atoms with Gasteiger partial charge in [-0.2, -0.15) is 0 Å². The fourth-order valence-electron chi connectivity index (χ4n) is 2.37. The van der Waals surface area contributed by atoms with E-state index >= 15 is 0 Å². The third-order valence-electron chi connectivity index (χ3n) is 3.79. The molecule has 0 unspecified atom stereocenters. The molecule has 28 heavy (non-hydrogen) atoms. The second-order valence-corrected chi connectivity index (χ2v) is 7.86. The van der Waals surface area contributed by atoms with Gasteiger partial charge in [0.25, 0.3) is 5.91 Å². The van der Waals surface area contributed by atoms with E-state index in [0.717, 1.165) is 9.37 Å². The molecule has 6 heteroatoms. The summed E-state index contributed by atoms with van der Waals surface area (Å²) in [6.07, 6.45) is 0. The lowest BCUT2D eigenvalue weighted by atomic mass is 10.2. The normalized spacial score (nSPS) is 10.3. The maximum absolute atomic E-state index is 12.2. The van der Waals surface area contributed by atoms with Gasteiger partial charge in [0.1, 0.15) is 5.75 Å². The SMILES string of the molecule is O=C(COc1ccccc1)Nc1ccc(SCC(=O)c2ccc(Br)cc2)cc1. The summed E-state index contributed by atoms with van der Waals surface area (Å²) in [5.74, 6) is 0.862. The molecular weight excluding hydrogens is 438 g/mol. The molecule has 0 aliphatic carbocycles. The monoisotopic (exact) mass is 455 g/mol. The summed E-state index contributed by atoms with van der Waals surface area (Å²) in [5, 5.41) is 2.79. The molecule has 0 spiro atoms. The lowest BCUT2D eigenvalue weighted by Gasteiger charge is -2.08. The molecule has 0 fully saturated rings. The number of anilines is 1. The van der Waals surface area contributed by atoms with Crippen molar-refractivity contribution in [2.45, 2.75) is 4.90 Å². The van der Waals surface area contributed by atoms with Crippen LogP contribution in [0.25, 0.3) is 0 Å². The first-order chi connectivity index (χ1) is 13.6. The average Bonchev–Trinajstić information content (AvgIpc) is 2.73. The van der Waals surface area contributed by atoms with Crippen molar-refractivity contribution in [2.24, 2.45) is 0 Å². The molecule has 4 nitrogen and oxygen atoms in total. The van der Waals surface area contributed by atoms with Crippen molar-refractivity contribution in [2.75, 3.05) is 17.7 Å². The molecule has 0 aromatic heterocycles. The van der Waals surface area contributed by atoms with Gasteiger partial charge in [-0.05, 0) is 48.5 Å². The largest absolute Gasteiger partial charge is 0.484 e. The van der Waals surface area contributed by atoms with Gasteiger partial charge in [-0.3, -0.25) is 9.59 Å². The molecule has 3 aromatic rings. The first-order valence-corrected chi connectivity index (χ1v) is 10.4. The van der Waals surface area contributed by atoms with E-state index in [1.54, 1.807) is 12.1 Å². The number of amides is 1. The van der Waals surface area contributed by atoms with Gasteiger partial charge in [0.15, 0.2) is 12.4 Å². The molecule has 0 saturated carbocycles. The Morgan fingerprint density at radius 2 is 1.57 bits per heavy atom. The van der Waals surface area contributed by atoms with Crippen molar-refractivity contribution in [1.82, 2.24) is 0 Å². The second-order valence-electron chi connectivity index (χ2n) is 5.89. The number of ether oxygens (including phenoxy) is 1. The number of thioether (sulfide) groups is 1. The predicted molar refractivity (Wildman–Crippen MR) is 116 cm³/mol. The lowest BCUT2D eigenvalue weighted by Crippen LogP contribution is -2.20. The zero-order valence-electron chi connectivity index (χ0n) is 14.9. The van der Waals surface area contributed by atoms with Gasteiger partial charge in [0.2, 0.25) is 0 Å². The molecule has 0 heterocycles. The number of carbonyl (C=O) groups excluding carboxylic acids is 2. The Bertz CT molecular complexity index is 928. The van der Waals surface area contributed by atoms with Crippen LogP contribution in [-0.2, 0) is 4.79 Å². The quantitative estimate of drug-likeness (QED) is 0.362. The average molecular weight is 456 g/mol. The van der Waals surface area contributed by atoms with Crippen LogP contribution in [-0.4, -0.2) is 24.1 Å². The van der Waals surface area contributed by atoms with E-state index < -0.39 is 0 Å². The third kappa shape index (κ3) is 6.25. The number of halogens is 1. The van der Waals surface area contributed by atoms with E-state index in [4.69, 9.17) is 4.74 Å². The second kappa shape index (κ2) is 10.1. The third-order valence-corrected chi connectivity index (χ3v) is 5.33. The fourth-order valence-corrected chi connectivity index (χ4v) is 3.42. The van der Waals surface area contributed by atoms with Gasteiger partial charge in [-0.25, -0.2) is 0 Å². The van der Waals surface area contributed by atoms with Crippen molar-refractivity contribution in [3.63, 3.8) is 0 Å². The predicted octanol–water partition coefficient (Wildman–Crippen LogP) is 5.44. The first-order valence-electron chi connectivity index (χ1n) is 8.59. The van der Waals surface area contributed by atoms with E-state index in [1.165, 1.54) is 11.8 Å². The van der Waals surface area contributed by atoms with Crippen LogP contribution in [0.1, 0.15) is 10.4 Å². The van der Waals surface area contributed by atoms with Crippen molar-refractivity contribution >= 4 is 45.1 Å². The lowest BCUT2D eigenvalue weighted by molar-refractivity contribution is -0.118. The number of hydrogen-bond donors (Lipinski definition) is 1. The summed E-state index contributed by atoms with van der Waals surface area (Å²) in [4.78, 5) is 25.2. The Kier molecular flexibility index (Phi) is 7.28. The first kappa shape index (κ1) is 20.2. The van der Waals surface area contributed by atoms with Crippen LogP contribution in [0.15, 0.2) is 88.2 Å². The number of benzene rings is 3. The van der Waals surface area contributed by atoms with Crippen LogP contribution in [0.2, 0.25) is 0 Å². The maximum atomic E-state index is 12.2. The minimum absolute atomic E-state index is 0.0534. The van der Waals surface area contributed by atoms with Crippen molar-refractivity contribution in [1.29, 1.82) is 0 Å². The number of Topliss-reactive ketones (excluding diaryl/α,β-unsaturated/α-hetero) is 1. The minimum Gasteiger partial charge on any atom is -0.484 e. The Morgan fingerprint density at radius 1 is 0.893 bits per heavy atom. The van der Waals surface area contributed by atoms with Gasteiger partial charge in [-0.15, -0.1) is 11.8 Å². The highest BCUT2D eigenvalue weighted by Crippen LogP contribution is 2.22. The van der Waals surface area contributed by atoms with Crippen LogP contribution < -0.4 is 10.1 Å². The molecule has 3 aromatic carbocycles. The zero-order valence-corrected chi connectivity index (χ0v) is 17.3. The van der Waals surface area contributed by atoms with E-state index in [9.17, 15) is 9.59 Å². The van der Waals surface area contributed by atoms with Crippen molar-refractivity contribution < 1.29 is 14.3 Å². The summed E-state index contributed by atoms with van der Waals surface area (Å²) in [7, 11) is 0. The van der Waals surface area contributed by atoms with Crippen LogP contribution in [0.4, 0.5) is 5.69 Å². The van der Waals surface area contributed by atoms with Crippen molar-refractivity contribution in [3.8, 4) is 5.75 Å². The Labute approximate surface area is 176 Å². The molecule has 1 N–H and O–H groups in total. The number of rotatable bonds is 8. The van der Waals surface area contributed by atoms with E-state index in [-0.39, 0.29) is 18.3 Å². The van der Waals surface area contributed by atoms with Gasteiger partial charge >= 0.3 is 0 Å². The highest BCUT2D eigenvalue weighted by Gasteiger charge is 2.07. The van der Waals surface area contributed by atoms with Crippen molar-refractivity contribution in [3.05, 3.63) is 88.9 Å². The minimum atomic E-state index is -0.227. The molecule has 0 atom stereocenters. The molecule has 0 aliphatic heterocycles. The number of nitrogens with one attached hydrogen (secondary N) is 1. The smallest absolute Gasteiger partial charge is 0.262 e. The van der Waals surface area contributed by atoms with Crippen LogP contribution in [0, 0.1) is 0 Å². The van der Waals surface area contributed by atoms with E-state index in [0.29, 0.717) is 22.8 Å². The molecular formula is C22H18BrNO3S. The fraction of sp³-hybridized carbons (Fsp3) is 0.0909. The Hall–Kier alpha value is -2.57. The number of ketones is 1. The van der Waals surface area contributed by atoms with Gasteiger partial charge in [0.05, 0.1) is 5.75 Å². The highest BCUT2D eigenvalue weighted by atomic mass is 79.9. The number of hydrogen-bond acceptors (Lipinski definition) is 4. The summed E-state index contributed by atoms with van der Waals surface area (Å²) in [6.45, 7) is -0.0534. The van der Waals surface area contributed by atoms with Crippen LogP contribution in [0.3, 0.4) is 0 Å². The summed E-state index contributed by atoms with van der Waals surface area (Å²) >= 11 is 4.83. The standard InChI is InChI=1S/C22H18BrNO3S/c23-17-8-6-16(7-9-17)21(25)15-28-20-12-10-18(11-13-20)24-22(26)14-27-19-4-2-1-3-5-19/h1-13H,14-15H2,(H,24,26). The molecule has 0 aliphatic rings. The number of para-hydroxylation sites is 1. The molecule has 1 amide bonds. The van der Waals surface area contributed by atoms with E-state index in [1.807, 2.05) is 66.7 Å². The summed E-state index contributed by atoms with van der Waals surface area (Å²) < 4.78 is 6.37.